The van der Waals surface area contributed by atoms with Crippen LogP contribution in [0.5, 0.6) is 0 Å². The standard InChI is InChI=1S/C17H24N4O2/c1-20-7-5-17(11-20)4-2-15(17)21-6-3-12-8-13(16(22)19-23)9-18-14(12)10-21/h8-9,15,23H,2-7,10-11H2,1H3,(H,19,22)/t15-,17-/m1/s1. The van der Waals surface area contributed by atoms with Crippen LogP contribution in [0.3, 0.4) is 0 Å². The van der Waals surface area contributed by atoms with Gasteiger partial charge in [0.2, 0.25) is 0 Å². The maximum Gasteiger partial charge on any atom is 0.276 e. The minimum Gasteiger partial charge on any atom is -0.306 e. The Balaban J connectivity index is 1.50. The van der Waals surface area contributed by atoms with Gasteiger partial charge in [0.15, 0.2) is 0 Å². The first-order chi connectivity index (χ1) is 11.1. The molecular formula is C17H24N4O2. The van der Waals surface area contributed by atoms with Crippen molar-refractivity contribution >= 4 is 5.91 Å². The van der Waals surface area contributed by atoms with E-state index >= 15 is 0 Å². The SMILES string of the molecule is CN1CC[C@]2(CC[C@H]2N2CCc3cc(C(=O)NO)cnc3C2)C1. The van der Waals surface area contributed by atoms with Gasteiger partial charge in [-0.05, 0) is 56.3 Å². The molecule has 23 heavy (non-hydrogen) atoms. The molecule has 1 aliphatic carbocycles. The molecule has 6 heteroatoms. The van der Waals surface area contributed by atoms with Gasteiger partial charge in [0.05, 0.1) is 11.3 Å². The van der Waals surface area contributed by atoms with Gasteiger partial charge in [-0.2, -0.15) is 0 Å². The number of aromatic nitrogens is 1. The summed E-state index contributed by atoms with van der Waals surface area (Å²) in [5.74, 6) is -0.491. The number of fused-ring (bicyclic) bond motifs is 1. The first kappa shape index (κ1) is 15.1. The predicted molar refractivity (Wildman–Crippen MR) is 85.2 cm³/mol. The number of rotatable bonds is 2. The minimum absolute atomic E-state index is 0.428. The lowest BCUT2D eigenvalue weighted by Gasteiger charge is -2.53. The molecule has 1 amide bonds. The Morgan fingerprint density at radius 2 is 2.30 bits per heavy atom. The molecule has 2 fully saturated rings. The molecule has 0 bridgehead atoms. The number of amides is 1. The van der Waals surface area contributed by atoms with Crippen LogP contribution in [0.15, 0.2) is 12.3 Å². The van der Waals surface area contributed by atoms with E-state index in [1.54, 1.807) is 11.7 Å². The van der Waals surface area contributed by atoms with E-state index in [0.29, 0.717) is 17.0 Å². The summed E-state index contributed by atoms with van der Waals surface area (Å²) in [7, 11) is 2.23. The summed E-state index contributed by atoms with van der Waals surface area (Å²) in [5, 5.41) is 8.75. The number of pyridine rings is 1. The molecule has 124 valence electrons. The molecule has 2 atom stereocenters. The van der Waals surface area contributed by atoms with Gasteiger partial charge in [0.1, 0.15) is 0 Å². The number of hydrogen-bond donors (Lipinski definition) is 2. The summed E-state index contributed by atoms with van der Waals surface area (Å²) in [5.41, 5.74) is 4.83. The molecular weight excluding hydrogens is 292 g/mol. The van der Waals surface area contributed by atoms with Crippen molar-refractivity contribution in [3.63, 3.8) is 0 Å². The lowest BCUT2D eigenvalue weighted by molar-refractivity contribution is -0.0265. The fourth-order valence-electron chi connectivity index (χ4n) is 4.72. The van der Waals surface area contributed by atoms with Crippen molar-refractivity contribution in [3.8, 4) is 0 Å². The fraction of sp³-hybridized carbons (Fsp3) is 0.647. The average molecular weight is 316 g/mol. The van der Waals surface area contributed by atoms with E-state index in [1.807, 2.05) is 6.07 Å². The zero-order valence-electron chi connectivity index (χ0n) is 13.6. The third-order valence-corrected chi connectivity index (χ3v) is 6.08. The predicted octanol–water partition coefficient (Wildman–Crippen LogP) is 1.04. The van der Waals surface area contributed by atoms with E-state index in [0.717, 1.165) is 30.8 Å². The lowest BCUT2D eigenvalue weighted by atomic mass is 9.63. The van der Waals surface area contributed by atoms with Gasteiger partial charge in [0.25, 0.3) is 5.91 Å². The molecule has 3 heterocycles. The van der Waals surface area contributed by atoms with Gasteiger partial charge >= 0.3 is 0 Å². The zero-order chi connectivity index (χ0) is 16.0. The molecule has 2 aliphatic heterocycles. The van der Waals surface area contributed by atoms with E-state index in [9.17, 15) is 4.79 Å². The topological polar surface area (TPSA) is 68.7 Å². The molecule has 0 aromatic carbocycles. The number of hydroxylamine groups is 1. The van der Waals surface area contributed by atoms with E-state index in [4.69, 9.17) is 5.21 Å². The molecule has 1 saturated carbocycles. The summed E-state index contributed by atoms with van der Waals surface area (Å²) in [6.45, 7) is 4.37. The summed E-state index contributed by atoms with van der Waals surface area (Å²) in [6, 6.07) is 2.55. The Bertz CT molecular complexity index is 635. The third kappa shape index (κ3) is 2.45. The molecule has 1 spiro atoms. The van der Waals surface area contributed by atoms with E-state index in [-0.39, 0.29) is 0 Å². The second kappa shape index (κ2) is 5.54. The molecule has 4 rings (SSSR count). The molecule has 6 nitrogen and oxygen atoms in total. The molecule has 1 aromatic heterocycles. The second-order valence-electron chi connectivity index (χ2n) is 7.40. The Morgan fingerprint density at radius 3 is 2.96 bits per heavy atom. The summed E-state index contributed by atoms with van der Waals surface area (Å²) in [6.07, 6.45) is 6.47. The van der Waals surface area contributed by atoms with E-state index in [1.165, 1.54) is 32.4 Å². The largest absolute Gasteiger partial charge is 0.306 e. The maximum atomic E-state index is 11.5. The average Bonchev–Trinajstić information content (AvgIpc) is 2.97. The Kier molecular flexibility index (Phi) is 3.63. The van der Waals surface area contributed by atoms with Gasteiger partial charge in [0, 0.05) is 31.9 Å². The van der Waals surface area contributed by atoms with Crippen LogP contribution in [0.4, 0.5) is 0 Å². The monoisotopic (exact) mass is 316 g/mol. The highest BCUT2D eigenvalue weighted by Gasteiger charge is 2.52. The number of carbonyl (C=O) groups is 1. The zero-order valence-corrected chi connectivity index (χ0v) is 13.6. The normalized spacial score (nSPS) is 31.0. The van der Waals surface area contributed by atoms with Crippen LogP contribution in [0, 0.1) is 5.41 Å². The minimum atomic E-state index is -0.491. The third-order valence-electron chi connectivity index (χ3n) is 6.08. The first-order valence-corrected chi connectivity index (χ1v) is 8.46. The van der Waals surface area contributed by atoms with Crippen LogP contribution in [0.25, 0.3) is 0 Å². The lowest BCUT2D eigenvalue weighted by Crippen LogP contribution is -2.57. The van der Waals surface area contributed by atoms with Gasteiger partial charge < -0.3 is 4.90 Å². The molecule has 2 N–H and O–H groups in total. The molecule has 1 aromatic rings. The van der Waals surface area contributed by atoms with Crippen LogP contribution < -0.4 is 5.48 Å². The summed E-state index contributed by atoms with van der Waals surface area (Å²) in [4.78, 5) is 21.1. The van der Waals surface area contributed by atoms with Crippen LogP contribution >= 0.6 is 0 Å². The maximum absolute atomic E-state index is 11.5. The first-order valence-electron chi connectivity index (χ1n) is 8.46. The molecule has 0 unspecified atom stereocenters. The summed E-state index contributed by atoms with van der Waals surface area (Å²) >= 11 is 0. The molecule has 1 saturated heterocycles. The van der Waals surface area contributed by atoms with Gasteiger partial charge in [-0.1, -0.05) is 0 Å². The second-order valence-corrected chi connectivity index (χ2v) is 7.40. The van der Waals surface area contributed by atoms with Gasteiger partial charge in [-0.15, -0.1) is 0 Å². The van der Waals surface area contributed by atoms with E-state index in [2.05, 4.69) is 21.8 Å². The van der Waals surface area contributed by atoms with Crippen molar-refractivity contribution in [2.45, 2.75) is 38.3 Å². The Morgan fingerprint density at radius 1 is 1.43 bits per heavy atom. The van der Waals surface area contributed by atoms with Crippen LogP contribution in [-0.2, 0) is 13.0 Å². The van der Waals surface area contributed by atoms with Gasteiger partial charge in [-0.3, -0.25) is 19.9 Å². The van der Waals surface area contributed by atoms with Crippen LogP contribution in [0.1, 0.15) is 40.9 Å². The number of nitrogens with one attached hydrogen (secondary N) is 1. The fourth-order valence-corrected chi connectivity index (χ4v) is 4.72. The quantitative estimate of drug-likeness (QED) is 0.630. The van der Waals surface area contributed by atoms with Crippen LogP contribution in [0.2, 0.25) is 0 Å². The van der Waals surface area contributed by atoms with Crippen LogP contribution in [-0.4, -0.2) is 58.6 Å². The Hall–Kier alpha value is -1.50. The highest BCUT2D eigenvalue weighted by molar-refractivity contribution is 5.93. The number of nitrogens with zero attached hydrogens (tertiary/aromatic N) is 3. The number of hydrogen-bond acceptors (Lipinski definition) is 5. The number of carbonyl (C=O) groups excluding carboxylic acids is 1. The highest BCUT2D eigenvalue weighted by atomic mass is 16.5. The Labute approximate surface area is 136 Å². The van der Waals surface area contributed by atoms with Crippen molar-refractivity contribution in [1.82, 2.24) is 20.3 Å². The summed E-state index contributed by atoms with van der Waals surface area (Å²) < 4.78 is 0. The molecule has 3 aliphatic rings. The van der Waals surface area contributed by atoms with Crippen molar-refractivity contribution in [1.29, 1.82) is 0 Å². The molecule has 0 radical (unpaired) electrons. The van der Waals surface area contributed by atoms with E-state index < -0.39 is 5.91 Å². The van der Waals surface area contributed by atoms with Gasteiger partial charge in [-0.25, -0.2) is 5.48 Å². The van der Waals surface area contributed by atoms with Crippen molar-refractivity contribution in [3.05, 3.63) is 29.1 Å². The number of likely N-dealkylation sites (tertiary alicyclic amines) is 1. The highest BCUT2D eigenvalue weighted by Crippen LogP contribution is 2.51. The van der Waals surface area contributed by atoms with Crippen molar-refractivity contribution < 1.29 is 10.0 Å². The van der Waals surface area contributed by atoms with Crippen molar-refractivity contribution in [2.24, 2.45) is 5.41 Å². The van der Waals surface area contributed by atoms with Crippen molar-refractivity contribution in [2.75, 3.05) is 26.7 Å². The smallest absolute Gasteiger partial charge is 0.276 e.